The number of aromatic amines is 1. The summed E-state index contributed by atoms with van der Waals surface area (Å²) in [5, 5.41) is 0.718. The molecule has 8 heteroatoms. The van der Waals surface area contributed by atoms with Crippen LogP contribution in [0.25, 0.3) is 11.2 Å². The predicted octanol–water partition coefficient (Wildman–Crippen LogP) is 2.42. The standard InChI is InChI=1S/C13H11F2N5S/c14-8-2-1-7(3-9(8)15)10(16)4-21-13-11-12(18-5-17-11)19-6-20-13/h1-3,5-6,10H,4,16H2,(H,17,18,19,20). The molecule has 0 radical (unpaired) electrons. The Hall–Kier alpha value is -2.06. The lowest BCUT2D eigenvalue weighted by molar-refractivity contribution is 0.506. The summed E-state index contributed by atoms with van der Waals surface area (Å²) in [5.74, 6) is -1.31. The smallest absolute Gasteiger partial charge is 0.181 e. The van der Waals surface area contributed by atoms with Crippen LogP contribution in [0.5, 0.6) is 0 Å². The number of imidazole rings is 1. The molecule has 108 valence electrons. The zero-order valence-electron chi connectivity index (χ0n) is 10.8. The number of nitrogens with two attached hydrogens (primary N) is 1. The van der Waals surface area contributed by atoms with Crippen LogP contribution in [0.3, 0.4) is 0 Å². The molecular weight excluding hydrogens is 296 g/mol. The van der Waals surface area contributed by atoms with Gasteiger partial charge < -0.3 is 10.7 Å². The number of H-pyrrole nitrogens is 1. The monoisotopic (exact) mass is 307 g/mol. The van der Waals surface area contributed by atoms with Crippen LogP contribution in [-0.2, 0) is 0 Å². The Morgan fingerprint density at radius 1 is 1.19 bits per heavy atom. The number of thioether (sulfide) groups is 1. The first-order valence-electron chi connectivity index (χ1n) is 6.12. The maximum absolute atomic E-state index is 13.2. The quantitative estimate of drug-likeness (QED) is 0.571. The number of aromatic nitrogens is 4. The Morgan fingerprint density at radius 3 is 2.86 bits per heavy atom. The van der Waals surface area contributed by atoms with E-state index in [0.717, 1.165) is 22.7 Å². The summed E-state index contributed by atoms with van der Waals surface area (Å²) in [6.45, 7) is 0. The fraction of sp³-hybridized carbons (Fsp3) is 0.154. The van der Waals surface area contributed by atoms with Gasteiger partial charge in [-0.15, -0.1) is 11.8 Å². The Balaban J connectivity index is 1.75. The minimum Gasteiger partial charge on any atom is -0.341 e. The van der Waals surface area contributed by atoms with Gasteiger partial charge in [0.15, 0.2) is 17.3 Å². The van der Waals surface area contributed by atoms with E-state index in [1.165, 1.54) is 24.2 Å². The molecule has 1 unspecified atom stereocenters. The number of nitrogens with zero attached hydrogens (tertiary/aromatic N) is 3. The number of fused-ring (bicyclic) bond motifs is 1. The molecule has 21 heavy (non-hydrogen) atoms. The van der Waals surface area contributed by atoms with E-state index in [1.54, 1.807) is 6.33 Å². The largest absolute Gasteiger partial charge is 0.341 e. The number of nitrogens with one attached hydrogen (secondary N) is 1. The van der Waals surface area contributed by atoms with Gasteiger partial charge in [-0.3, -0.25) is 0 Å². The molecule has 3 rings (SSSR count). The first kappa shape index (κ1) is 13.9. The third-order valence-electron chi connectivity index (χ3n) is 2.96. The second-order valence-electron chi connectivity index (χ2n) is 4.37. The van der Waals surface area contributed by atoms with Crippen LogP contribution < -0.4 is 5.73 Å². The molecule has 1 aromatic carbocycles. The third kappa shape index (κ3) is 2.86. The lowest BCUT2D eigenvalue weighted by atomic mass is 10.1. The van der Waals surface area contributed by atoms with Gasteiger partial charge in [0.2, 0.25) is 0 Å². The fourth-order valence-corrected chi connectivity index (χ4v) is 2.81. The molecule has 2 heterocycles. The molecule has 0 aliphatic rings. The van der Waals surface area contributed by atoms with Crippen molar-refractivity contribution in [2.75, 3.05) is 5.75 Å². The molecule has 0 amide bonds. The van der Waals surface area contributed by atoms with E-state index in [0.29, 0.717) is 17.0 Å². The number of benzene rings is 1. The normalized spacial score (nSPS) is 12.7. The van der Waals surface area contributed by atoms with Crippen molar-refractivity contribution in [3.8, 4) is 0 Å². The van der Waals surface area contributed by atoms with E-state index in [9.17, 15) is 8.78 Å². The van der Waals surface area contributed by atoms with Crippen LogP contribution in [0.2, 0.25) is 0 Å². The zero-order valence-corrected chi connectivity index (χ0v) is 11.6. The van der Waals surface area contributed by atoms with Crippen molar-refractivity contribution in [2.24, 2.45) is 5.73 Å². The molecule has 0 aliphatic heterocycles. The van der Waals surface area contributed by atoms with Gasteiger partial charge in [0.1, 0.15) is 16.9 Å². The molecule has 1 atom stereocenters. The number of hydrogen-bond acceptors (Lipinski definition) is 5. The van der Waals surface area contributed by atoms with Crippen LogP contribution in [0.1, 0.15) is 11.6 Å². The number of halogens is 2. The molecule has 3 N–H and O–H groups in total. The van der Waals surface area contributed by atoms with Gasteiger partial charge in [-0.25, -0.2) is 23.7 Å². The van der Waals surface area contributed by atoms with Crippen molar-refractivity contribution in [1.82, 2.24) is 19.9 Å². The average Bonchev–Trinajstić information content (AvgIpc) is 2.96. The molecule has 0 aliphatic carbocycles. The zero-order chi connectivity index (χ0) is 14.8. The van der Waals surface area contributed by atoms with E-state index < -0.39 is 17.7 Å². The topological polar surface area (TPSA) is 80.5 Å². The highest BCUT2D eigenvalue weighted by Crippen LogP contribution is 2.26. The van der Waals surface area contributed by atoms with E-state index in [2.05, 4.69) is 19.9 Å². The predicted molar refractivity (Wildman–Crippen MR) is 75.7 cm³/mol. The first-order valence-corrected chi connectivity index (χ1v) is 7.11. The minimum absolute atomic E-state index is 0.432. The van der Waals surface area contributed by atoms with Crippen LogP contribution in [0.15, 0.2) is 35.9 Å². The molecule has 0 spiro atoms. The van der Waals surface area contributed by atoms with Crippen LogP contribution in [0, 0.1) is 11.6 Å². The van der Waals surface area contributed by atoms with E-state index in [4.69, 9.17) is 5.73 Å². The van der Waals surface area contributed by atoms with Crippen molar-refractivity contribution in [3.05, 3.63) is 48.1 Å². The van der Waals surface area contributed by atoms with Crippen LogP contribution >= 0.6 is 11.8 Å². The highest BCUT2D eigenvalue weighted by molar-refractivity contribution is 7.99. The van der Waals surface area contributed by atoms with Crippen molar-refractivity contribution in [3.63, 3.8) is 0 Å². The van der Waals surface area contributed by atoms with Crippen LogP contribution in [0.4, 0.5) is 8.78 Å². The Kier molecular flexibility index (Phi) is 3.80. The summed E-state index contributed by atoms with van der Waals surface area (Å²) < 4.78 is 26.1. The number of rotatable bonds is 4. The van der Waals surface area contributed by atoms with Crippen molar-refractivity contribution < 1.29 is 8.78 Å². The van der Waals surface area contributed by atoms with Gasteiger partial charge in [0, 0.05) is 11.8 Å². The van der Waals surface area contributed by atoms with Crippen LogP contribution in [-0.4, -0.2) is 25.7 Å². The molecule has 0 fully saturated rings. The summed E-state index contributed by atoms with van der Waals surface area (Å²) >= 11 is 1.40. The van der Waals surface area contributed by atoms with E-state index in [-0.39, 0.29) is 0 Å². The minimum atomic E-state index is -0.897. The van der Waals surface area contributed by atoms with E-state index in [1.807, 2.05) is 0 Å². The maximum atomic E-state index is 13.2. The summed E-state index contributed by atoms with van der Waals surface area (Å²) in [7, 11) is 0. The van der Waals surface area contributed by atoms with E-state index >= 15 is 0 Å². The second-order valence-corrected chi connectivity index (χ2v) is 5.38. The Labute approximate surface area is 123 Å². The maximum Gasteiger partial charge on any atom is 0.181 e. The SMILES string of the molecule is NC(CSc1ncnc2nc[nH]c12)c1ccc(F)c(F)c1. The summed E-state index contributed by atoms with van der Waals surface area (Å²) in [6, 6.07) is 3.24. The molecular formula is C13H11F2N5S. The lowest BCUT2D eigenvalue weighted by Crippen LogP contribution is -2.13. The van der Waals surface area contributed by atoms with Gasteiger partial charge >= 0.3 is 0 Å². The van der Waals surface area contributed by atoms with Crippen molar-refractivity contribution in [2.45, 2.75) is 11.1 Å². The Morgan fingerprint density at radius 2 is 2.05 bits per heavy atom. The van der Waals surface area contributed by atoms with Gasteiger partial charge in [0.25, 0.3) is 0 Å². The van der Waals surface area contributed by atoms with Gasteiger partial charge in [-0.05, 0) is 17.7 Å². The second kappa shape index (κ2) is 5.74. The summed E-state index contributed by atoms with van der Waals surface area (Å²) in [4.78, 5) is 15.2. The molecule has 2 aromatic heterocycles. The molecule has 0 saturated heterocycles. The highest BCUT2D eigenvalue weighted by Gasteiger charge is 2.12. The lowest BCUT2D eigenvalue weighted by Gasteiger charge is -2.11. The van der Waals surface area contributed by atoms with Crippen molar-refractivity contribution >= 4 is 22.9 Å². The molecule has 0 bridgehead atoms. The van der Waals surface area contributed by atoms with Gasteiger partial charge in [0.05, 0.1) is 6.33 Å². The van der Waals surface area contributed by atoms with Gasteiger partial charge in [-0.2, -0.15) is 0 Å². The number of hydrogen-bond donors (Lipinski definition) is 2. The molecule has 5 nitrogen and oxygen atoms in total. The average molecular weight is 307 g/mol. The third-order valence-corrected chi connectivity index (χ3v) is 4.07. The fourth-order valence-electron chi connectivity index (χ4n) is 1.86. The first-order chi connectivity index (χ1) is 10.1. The van der Waals surface area contributed by atoms with Crippen molar-refractivity contribution in [1.29, 1.82) is 0 Å². The summed E-state index contributed by atoms with van der Waals surface area (Å²) in [6.07, 6.45) is 2.97. The highest BCUT2D eigenvalue weighted by atomic mass is 32.2. The molecule has 0 saturated carbocycles. The Bertz CT molecular complexity index is 776. The molecule has 3 aromatic rings. The summed E-state index contributed by atoms with van der Waals surface area (Å²) in [5.41, 5.74) is 7.85. The van der Waals surface area contributed by atoms with Gasteiger partial charge in [-0.1, -0.05) is 6.07 Å².